The number of primary amides is 2. The van der Waals surface area contributed by atoms with Gasteiger partial charge in [0.05, 0.1) is 21.1 Å². The van der Waals surface area contributed by atoms with E-state index in [1.807, 2.05) is 0 Å². The normalized spacial score (nSPS) is 10.7. The van der Waals surface area contributed by atoms with Crippen LogP contribution in [0.1, 0.15) is 5.01 Å². The first-order valence-corrected chi connectivity index (χ1v) is 6.90. The van der Waals surface area contributed by atoms with Gasteiger partial charge in [0, 0.05) is 13.0 Å². The lowest BCUT2D eigenvalue weighted by Gasteiger charge is -2.18. The smallest absolute Gasteiger partial charge is 0.333 e. The van der Waals surface area contributed by atoms with E-state index in [2.05, 4.69) is 4.98 Å². The summed E-state index contributed by atoms with van der Waals surface area (Å²) < 4.78 is 0.499. The van der Waals surface area contributed by atoms with Crippen molar-refractivity contribution in [3.05, 3.63) is 17.1 Å². The van der Waals surface area contributed by atoms with E-state index in [4.69, 9.17) is 28.3 Å². The highest BCUT2D eigenvalue weighted by molar-refractivity contribution is 7.19. The van der Waals surface area contributed by atoms with Crippen LogP contribution in [0.2, 0.25) is 0 Å². The number of aliphatic hydroxyl groups excluding tert-OH is 1. The molecule has 0 saturated heterocycles. The van der Waals surface area contributed by atoms with Crippen LogP contribution >= 0.6 is 11.3 Å². The summed E-state index contributed by atoms with van der Waals surface area (Å²) >= 11 is 1.20. The molecule has 1 heterocycles. The van der Waals surface area contributed by atoms with E-state index in [9.17, 15) is 9.59 Å². The van der Waals surface area contributed by atoms with Crippen molar-refractivity contribution in [3.8, 4) is 0 Å². The van der Waals surface area contributed by atoms with E-state index in [0.29, 0.717) is 27.3 Å². The number of aromatic nitrogens is 1. The molecule has 0 aliphatic carbocycles. The Labute approximate surface area is 128 Å². The number of hydrogen-bond donors (Lipinski definition) is 5. The Balaban J connectivity index is 2.68. The number of thiazole rings is 1. The van der Waals surface area contributed by atoms with E-state index in [1.165, 1.54) is 23.5 Å². The quantitative estimate of drug-likeness (QED) is 0.283. The summed E-state index contributed by atoms with van der Waals surface area (Å²) in [4.78, 5) is 26.8. The highest BCUT2D eigenvalue weighted by atomic mass is 32.1. The molecule has 2 rings (SSSR count). The Morgan fingerprint density at radius 3 is 2.23 bits per heavy atom. The topological polar surface area (TPSA) is 178 Å². The lowest BCUT2D eigenvalue weighted by atomic mass is 10.2. The van der Waals surface area contributed by atoms with Gasteiger partial charge in [0.15, 0.2) is 0 Å². The van der Waals surface area contributed by atoms with Crippen molar-refractivity contribution in [2.75, 3.05) is 16.6 Å². The minimum atomic E-state index is -0.870. The van der Waals surface area contributed by atoms with Crippen molar-refractivity contribution in [2.45, 2.75) is 6.42 Å². The Kier molecular flexibility index (Phi) is 4.42. The fourth-order valence-corrected chi connectivity index (χ4v) is 2.93. The van der Waals surface area contributed by atoms with Gasteiger partial charge in [0.25, 0.3) is 0 Å². The van der Waals surface area contributed by atoms with Crippen molar-refractivity contribution in [2.24, 2.45) is 23.2 Å². The van der Waals surface area contributed by atoms with Crippen molar-refractivity contribution in [1.29, 1.82) is 0 Å². The number of hydrazine groups is 2. The predicted octanol–water partition coefficient (Wildman–Crippen LogP) is -0.651. The number of anilines is 2. The van der Waals surface area contributed by atoms with Crippen molar-refractivity contribution >= 4 is 45.0 Å². The molecule has 9 N–H and O–H groups in total. The third-order valence-electron chi connectivity index (χ3n) is 2.87. The number of rotatable bonds is 4. The van der Waals surface area contributed by atoms with Crippen LogP contribution in [0.3, 0.4) is 0 Å². The Bertz CT molecular complexity index is 675. The van der Waals surface area contributed by atoms with Gasteiger partial charge in [-0.15, -0.1) is 11.3 Å². The number of urea groups is 2. The average molecular weight is 325 g/mol. The highest BCUT2D eigenvalue weighted by Gasteiger charge is 2.21. The molecule has 0 unspecified atom stereocenters. The van der Waals surface area contributed by atoms with Gasteiger partial charge >= 0.3 is 12.1 Å². The number of hydrogen-bond acceptors (Lipinski definition) is 7. The molecule has 0 radical (unpaired) electrons. The van der Waals surface area contributed by atoms with Gasteiger partial charge in [-0.25, -0.2) is 36.3 Å². The number of carbonyl (C=O) groups is 2. The molecule has 0 aliphatic heterocycles. The van der Waals surface area contributed by atoms with E-state index in [-0.39, 0.29) is 12.3 Å². The zero-order chi connectivity index (χ0) is 16.4. The van der Waals surface area contributed by atoms with E-state index < -0.39 is 12.1 Å². The lowest BCUT2D eigenvalue weighted by Crippen LogP contribution is -2.42. The number of nitrogens with zero attached hydrogens (tertiary/aromatic N) is 3. The molecule has 0 bridgehead atoms. The summed E-state index contributed by atoms with van der Waals surface area (Å²) in [5, 5.41) is 11.1. The number of amides is 4. The van der Waals surface area contributed by atoms with Crippen LogP contribution < -0.4 is 33.2 Å². The standard InChI is InChI=1S/C11H15N7O3S/c12-10(20)17(14)5-1-2-6(18(15)11(13)21)9-8(5)16-7(22-9)3-4-19/h1-2,19H,3-4,14-15H2,(H2,12,20)(H2,13,21). The second-order valence-electron chi connectivity index (χ2n) is 4.28. The average Bonchev–Trinajstić information content (AvgIpc) is 2.88. The molecule has 1 aromatic carbocycles. The zero-order valence-corrected chi connectivity index (χ0v) is 12.2. The monoisotopic (exact) mass is 325 g/mol. The summed E-state index contributed by atoms with van der Waals surface area (Å²) in [6.45, 7) is -0.102. The Morgan fingerprint density at radius 1 is 1.14 bits per heavy atom. The molecule has 0 fully saturated rings. The van der Waals surface area contributed by atoms with Crippen LogP contribution in [-0.4, -0.2) is 28.8 Å². The van der Waals surface area contributed by atoms with Crippen LogP contribution in [-0.2, 0) is 6.42 Å². The lowest BCUT2D eigenvalue weighted by molar-refractivity contribution is 0.253. The maximum Gasteiger partial charge on any atom is 0.333 e. The van der Waals surface area contributed by atoms with Crippen molar-refractivity contribution in [1.82, 2.24) is 4.98 Å². The van der Waals surface area contributed by atoms with Gasteiger partial charge in [0.1, 0.15) is 5.52 Å². The van der Waals surface area contributed by atoms with Crippen molar-refractivity contribution in [3.63, 3.8) is 0 Å². The van der Waals surface area contributed by atoms with Crippen LogP contribution in [0.5, 0.6) is 0 Å². The van der Waals surface area contributed by atoms with Crippen LogP contribution in [0, 0.1) is 0 Å². The molecule has 10 nitrogen and oxygen atoms in total. The van der Waals surface area contributed by atoms with E-state index in [1.54, 1.807) is 0 Å². The summed E-state index contributed by atoms with van der Waals surface area (Å²) in [6, 6.07) is 1.20. The molecule has 11 heteroatoms. The van der Waals surface area contributed by atoms with Gasteiger partial charge in [-0.05, 0) is 12.1 Å². The summed E-state index contributed by atoms with van der Waals surface area (Å²) in [6.07, 6.45) is 0.306. The third kappa shape index (κ3) is 2.78. The molecule has 1 aromatic heterocycles. The SMILES string of the molecule is NC(=O)N(N)c1ccc(N(N)C(N)=O)c2sc(CCO)nc12. The minimum absolute atomic E-state index is 0.102. The number of fused-ring (bicyclic) bond motifs is 1. The van der Waals surface area contributed by atoms with Crippen molar-refractivity contribution < 1.29 is 14.7 Å². The van der Waals surface area contributed by atoms with E-state index in [0.717, 1.165) is 10.0 Å². The molecule has 2 aromatic rings. The highest BCUT2D eigenvalue weighted by Crippen LogP contribution is 2.36. The molecule has 0 atom stereocenters. The van der Waals surface area contributed by atoms with Gasteiger partial charge in [-0.2, -0.15) is 0 Å². The van der Waals surface area contributed by atoms with Gasteiger partial charge in [-0.3, -0.25) is 0 Å². The molecule has 4 amide bonds. The number of nitrogens with two attached hydrogens (primary N) is 4. The number of carbonyl (C=O) groups excluding carboxylic acids is 2. The van der Waals surface area contributed by atoms with Gasteiger partial charge in [0.2, 0.25) is 0 Å². The first kappa shape index (κ1) is 15.9. The minimum Gasteiger partial charge on any atom is -0.396 e. The van der Waals surface area contributed by atoms with Crippen LogP contribution in [0.25, 0.3) is 10.2 Å². The molecule has 0 aliphatic rings. The van der Waals surface area contributed by atoms with Gasteiger partial charge < -0.3 is 16.6 Å². The number of benzene rings is 1. The van der Waals surface area contributed by atoms with Crippen LogP contribution in [0.15, 0.2) is 12.1 Å². The molecule has 0 saturated carbocycles. The fourth-order valence-electron chi connectivity index (χ4n) is 1.85. The maximum atomic E-state index is 11.3. The summed E-state index contributed by atoms with van der Waals surface area (Å²) in [7, 11) is 0. The molecular formula is C11H15N7O3S. The third-order valence-corrected chi connectivity index (χ3v) is 4.00. The van der Waals surface area contributed by atoms with E-state index >= 15 is 0 Å². The first-order chi connectivity index (χ1) is 10.4. The second kappa shape index (κ2) is 6.11. The number of aliphatic hydroxyl groups is 1. The molecular weight excluding hydrogens is 310 g/mol. The fraction of sp³-hybridized carbons (Fsp3) is 0.182. The van der Waals surface area contributed by atoms with Crippen LogP contribution in [0.4, 0.5) is 21.0 Å². The summed E-state index contributed by atoms with van der Waals surface area (Å²) in [5.74, 6) is 11.2. The summed E-state index contributed by atoms with van der Waals surface area (Å²) in [5.41, 5.74) is 11.2. The maximum absolute atomic E-state index is 11.3. The Morgan fingerprint density at radius 2 is 1.68 bits per heavy atom. The molecule has 22 heavy (non-hydrogen) atoms. The molecule has 118 valence electrons. The molecule has 0 spiro atoms. The second-order valence-corrected chi connectivity index (χ2v) is 5.36. The predicted molar refractivity (Wildman–Crippen MR) is 82.9 cm³/mol. The first-order valence-electron chi connectivity index (χ1n) is 6.08. The zero-order valence-electron chi connectivity index (χ0n) is 11.4. The Hall–Kier alpha value is -2.47. The van der Waals surface area contributed by atoms with Gasteiger partial charge in [-0.1, -0.05) is 0 Å². The largest absolute Gasteiger partial charge is 0.396 e.